The van der Waals surface area contributed by atoms with Crippen LogP contribution in [0.25, 0.3) is 16.9 Å². The molecule has 1 fully saturated rings. The molecule has 2 aromatic rings. The number of phenolic OH excluding ortho intramolecular Hbond substituents is 1. The zero-order valence-corrected chi connectivity index (χ0v) is 21.3. The SMILES string of the molecule is CN(C)c1cc(-c2ccoc2)c(O)c2c1C[C@H]1C[C@H]3[C@H](N(C)C)C(=O)C(C(N)=O)=C(O)[C@@]3(O)C(=O)C1=C2O. The molecule has 1 amide bonds. The van der Waals surface area contributed by atoms with E-state index in [1.54, 1.807) is 26.2 Å². The van der Waals surface area contributed by atoms with Crippen LogP contribution in [0.1, 0.15) is 17.5 Å². The predicted molar refractivity (Wildman–Crippen MR) is 136 cm³/mol. The number of hydrogen-bond donors (Lipinski definition) is 5. The highest BCUT2D eigenvalue weighted by Crippen LogP contribution is 2.54. The average Bonchev–Trinajstić information content (AvgIpc) is 3.35. The Labute approximate surface area is 218 Å². The van der Waals surface area contributed by atoms with Crippen LogP contribution < -0.4 is 10.6 Å². The molecule has 0 bridgehead atoms. The van der Waals surface area contributed by atoms with E-state index >= 15 is 0 Å². The van der Waals surface area contributed by atoms with Gasteiger partial charge in [-0.1, -0.05) is 0 Å². The second kappa shape index (κ2) is 8.47. The Bertz CT molecular complexity index is 1450. The van der Waals surface area contributed by atoms with E-state index < -0.39 is 58.0 Å². The number of hydrogen-bond acceptors (Lipinski definition) is 10. The molecule has 1 aromatic heterocycles. The number of ketones is 2. The molecule has 38 heavy (non-hydrogen) atoms. The summed E-state index contributed by atoms with van der Waals surface area (Å²) < 4.78 is 5.16. The third-order valence-electron chi connectivity index (χ3n) is 8.01. The van der Waals surface area contributed by atoms with Crippen LogP contribution in [0.4, 0.5) is 5.69 Å². The molecule has 11 heteroatoms. The van der Waals surface area contributed by atoms with Crippen molar-refractivity contribution < 1.29 is 39.2 Å². The first-order valence-corrected chi connectivity index (χ1v) is 12.1. The van der Waals surface area contributed by atoms with Crippen LogP contribution in [-0.4, -0.2) is 82.6 Å². The Morgan fingerprint density at radius 2 is 1.84 bits per heavy atom. The summed E-state index contributed by atoms with van der Waals surface area (Å²) in [6, 6.07) is 2.28. The van der Waals surface area contributed by atoms with E-state index in [9.17, 15) is 34.8 Å². The fraction of sp³-hybridized carbons (Fsp3) is 0.370. The normalized spacial score (nSPS) is 26.8. The Kier molecular flexibility index (Phi) is 5.69. The smallest absolute Gasteiger partial charge is 0.255 e. The Balaban J connectivity index is 1.78. The van der Waals surface area contributed by atoms with Gasteiger partial charge < -0.3 is 35.5 Å². The number of nitrogens with two attached hydrogens (primary N) is 1. The van der Waals surface area contributed by atoms with E-state index in [1.165, 1.54) is 17.4 Å². The number of furan rings is 1. The van der Waals surface area contributed by atoms with Crippen LogP contribution >= 0.6 is 0 Å². The van der Waals surface area contributed by atoms with Crippen molar-refractivity contribution in [2.24, 2.45) is 17.6 Å². The van der Waals surface area contributed by atoms with Crippen LogP contribution in [0, 0.1) is 11.8 Å². The summed E-state index contributed by atoms with van der Waals surface area (Å²) in [4.78, 5) is 42.6. The van der Waals surface area contributed by atoms with Gasteiger partial charge in [0, 0.05) is 42.4 Å². The van der Waals surface area contributed by atoms with Gasteiger partial charge in [0.2, 0.25) is 5.78 Å². The van der Waals surface area contributed by atoms with Gasteiger partial charge >= 0.3 is 0 Å². The Morgan fingerprint density at radius 3 is 2.39 bits per heavy atom. The molecule has 3 aliphatic carbocycles. The number of aromatic hydroxyl groups is 1. The van der Waals surface area contributed by atoms with Gasteiger partial charge in [-0.3, -0.25) is 19.3 Å². The first kappa shape index (κ1) is 25.6. The number of carbonyl (C=O) groups excluding carboxylic acids is 3. The van der Waals surface area contributed by atoms with Crippen molar-refractivity contribution in [3.63, 3.8) is 0 Å². The topological polar surface area (TPSA) is 178 Å². The summed E-state index contributed by atoms with van der Waals surface area (Å²) in [5, 5.41) is 45.5. The van der Waals surface area contributed by atoms with E-state index in [0.29, 0.717) is 22.4 Å². The second-order valence-electron chi connectivity index (χ2n) is 10.5. The monoisotopic (exact) mass is 523 g/mol. The van der Waals surface area contributed by atoms with E-state index in [-0.39, 0.29) is 29.7 Å². The number of aliphatic hydroxyl groups is 3. The molecular weight excluding hydrogens is 494 g/mol. The van der Waals surface area contributed by atoms with Crippen molar-refractivity contribution in [2.75, 3.05) is 33.1 Å². The minimum absolute atomic E-state index is 0.0306. The predicted octanol–water partition coefficient (Wildman–Crippen LogP) is 1.29. The summed E-state index contributed by atoms with van der Waals surface area (Å²) in [7, 11) is 6.74. The summed E-state index contributed by atoms with van der Waals surface area (Å²) in [5.74, 6) is -6.79. The van der Waals surface area contributed by atoms with E-state index in [1.807, 2.05) is 19.0 Å². The zero-order chi connectivity index (χ0) is 27.8. The van der Waals surface area contributed by atoms with Gasteiger partial charge in [0.1, 0.15) is 22.8 Å². The Morgan fingerprint density at radius 1 is 1.16 bits per heavy atom. The number of phenols is 1. The lowest BCUT2D eigenvalue weighted by Gasteiger charge is -2.50. The van der Waals surface area contributed by atoms with Crippen molar-refractivity contribution in [3.05, 3.63) is 52.7 Å². The third-order valence-corrected chi connectivity index (χ3v) is 8.01. The molecule has 5 rings (SSSR count). The number of fused-ring (bicyclic) bond motifs is 3. The van der Waals surface area contributed by atoms with Crippen molar-refractivity contribution >= 4 is 28.9 Å². The lowest BCUT2D eigenvalue weighted by atomic mass is 9.57. The fourth-order valence-electron chi connectivity index (χ4n) is 6.33. The maximum absolute atomic E-state index is 14.0. The van der Waals surface area contributed by atoms with Gasteiger partial charge in [-0.25, -0.2) is 0 Å². The molecule has 0 unspecified atom stereocenters. The number of primary amides is 1. The van der Waals surface area contributed by atoms with Gasteiger partial charge in [0.25, 0.3) is 5.91 Å². The zero-order valence-electron chi connectivity index (χ0n) is 21.3. The minimum atomic E-state index is -2.67. The standard InChI is InChI=1S/C27H29N3O8/c1-29(2)16-9-13(11-5-6-38-10-11)21(31)18-14(16)7-12-8-15-20(30(3)4)23(33)19(26(28)36)25(35)27(15,37)24(34)17(12)22(18)32/h5-6,9-10,12,15,20,31-32,35,37H,7-8H2,1-4H3,(H2,28,36)/t12-,15-,20-,27-/m0/s1. The molecule has 0 aliphatic heterocycles. The molecule has 6 N–H and O–H groups in total. The lowest BCUT2D eigenvalue weighted by molar-refractivity contribution is -0.153. The van der Waals surface area contributed by atoms with Crippen LogP contribution in [0.5, 0.6) is 5.75 Å². The molecular formula is C27H29N3O8. The van der Waals surface area contributed by atoms with E-state index in [4.69, 9.17) is 10.2 Å². The van der Waals surface area contributed by atoms with E-state index in [0.717, 1.165) is 0 Å². The molecule has 200 valence electrons. The number of likely N-dealkylation sites (N-methyl/N-ethyl adjacent to an activating group) is 1. The molecule has 0 spiro atoms. The number of aliphatic hydroxyl groups excluding tert-OH is 2. The second-order valence-corrected chi connectivity index (χ2v) is 10.5. The first-order chi connectivity index (χ1) is 17.8. The number of amides is 1. The maximum atomic E-state index is 14.0. The molecule has 0 radical (unpaired) electrons. The lowest BCUT2D eigenvalue weighted by Crippen LogP contribution is -2.65. The molecule has 0 saturated heterocycles. The third kappa shape index (κ3) is 3.25. The van der Waals surface area contributed by atoms with Gasteiger partial charge in [-0.2, -0.15) is 0 Å². The summed E-state index contributed by atoms with van der Waals surface area (Å²) in [5.41, 5.74) is 3.88. The number of rotatable bonds is 4. The molecule has 11 nitrogen and oxygen atoms in total. The van der Waals surface area contributed by atoms with Crippen molar-refractivity contribution in [3.8, 4) is 16.9 Å². The number of Topliss-reactive ketones (excluding diaryl/α,β-unsaturated/α-hetero) is 2. The average molecular weight is 524 g/mol. The minimum Gasteiger partial charge on any atom is -0.508 e. The number of anilines is 1. The number of benzene rings is 1. The van der Waals surface area contributed by atoms with Crippen LogP contribution in [0.2, 0.25) is 0 Å². The molecule has 1 heterocycles. The van der Waals surface area contributed by atoms with Crippen molar-refractivity contribution in [1.29, 1.82) is 0 Å². The highest BCUT2D eigenvalue weighted by molar-refractivity contribution is 6.24. The fourth-order valence-corrected chi connectivity index (χ4v) is 6.33. The van der Waals surface area contributed by atoms with Crippen molar-refractivity contribution in [1.82, 2.24) is 4.90 Å². The highest BCUT2D eigenvalue weighted by Gasteiger charge is 2.64. The molecule has 4 atom stereocenters. The molecule has 1 saturated carbocycles. The van der Waals surface area contributed by atoms with Gasteiger partial charge in [-0.05, 0) is 50.6 Å². The highest BCUT2D eigenvalue weighted by atomic mass is 16.3. The molecule has 3 aliphatic rings. The number of carbonyl (C=O) groups is 3. The quantitative estimate of drug-likeness (QED) is 0.367. The van der Waals surface area contributed by atoms with Crippen molar-refractivity contribution in [2.45, 2.75) is 24.5 Å². The Hall–Kier alpha value is -4.09. The number of nitrogens with zero attached hydrogens (tertiary/aromatic N) is 2. The maximum Gasteiger partial charge on any atom is 0.255 e. The van der Waals surface area contributed by atoms with Gasteiger partial charge in [0.15, 0.2) is 11.4 Å². The van der Waals surface area contributed by atoms with E-state index in [2.05, 4.69) is 0 Å². The molecule has 1 aromatic carbocycles. The summed E-state index contributed by atoms with van der Waals surface area (Å²) in [6.07, 6.45) is 3.11. The largest absolute Gasteiger partial charge is 0.508 e. The van der Waals surface area contributed by atoms with Gasteiger partial charge in [0.05, 0.1) is 24.1 Å². The first-order valence-electron chi connectivity index (χ1n) is 12.1. The van der Waals surface area contributed by atoms with Gasteiger partial charge in [-0.15, -0.1) is 0 Å². The summed E-state index contributed by atoms with van der Waals surface area (Å²) in [6.45, 7) is 0. The summed E-state index contributed by atoms with van der Waals surface area (Å²) >= 11 is 0. The van der Waals surface area contributed by atoms with Crippen LogP contribution in [-0.2, 0) is 20.8 Å². The van der Waals surface area contributed by atoms with Crippen LogP contribution in [0.15, 0.2) is 46.0 Å². The van der Waals surface area contributed by atoms with Crippen LogP contribution in [0.3, 0.4) is 0 Å².